The molecule has 0 N–H and O–H groups in total. The van der Waals surface area contributed by atoms with Gasteiger partial charge in [0.05, 0.1) is 11.6 Å². The second-order valence-electron chi connectivity index (χ2n) is 3.60. The van der Waals surface area contributed by atoms with Crippen LogP contribution in [-0.4, -0.2) is 17.7 Å². The Morgan fingerprint density at radius 3 is 2.44 bits per heavy atom. The van der Waals surface area contributed by atoms with Crippen LogP contribution in [0.3, 0.4) is 0 Å². The van der Waals surface area contributed by atoms with E-state index in [0.29, 0.717) is 5.69 Å². The molecule has 5 heteroatoms. The monoisotopic (exact) mass is 301 g/mol. The zero-order valence-corrected chi connectivity index (χ0v) is 10.7. The highest BCUT2D eigenvalue weighted by Crippen LogP contribution is 2.27. The molecule has 2 amide bonds. The number of anilines is 1. The van der Waals surface area contributed by atoms with Crippen molar-refractivity contribution in [3.8, 4) is 0 Å². The van der Waals surface area contributed by atoms with E-state index in [9.17, 15) is 9.59 Å². The van der Waals surface area contributed by atoms with Crippen molar-refractivity contribution in [2.75, 3.05) is 10.8 Å². The molecule has 3 nitrogen and oxygen atoms in total. The zero-order valence-electron chi connectivity index (χ0n) is 8.32. The van der Waals surface area contributed by atoms with Gasteiger partial charge in [-0.3, -0.25) is 14.5 Å². The minimum Gasteiger partial charge on any atom is -0.274 e. The molecule has 16 heavy (non-hydrogen) atoms. The SMILES string of the molecule is O=C1CC(CCl)C(=O)N1c1ccc(Br)cc1. The lowest BCUT2D eigenvalue weighted by Gasteiger charge is -2.14. The van der Waals surface area contributed by atoms with Gasteiger partial charge in [-0.1, -0.05) is 15.9 Å². The third-order valence-corrected chi connectivity index (χ3v) is 3.41. The maximum Gasteiger partial charge on any atom is 0.238 e. The first kappa shape index (κ1) is 11.6. The van der Waals surface area contributed by atoms with Crippen LogP contribution in [0.25, 0.3) is 0 Å². The highest BCUT2D eigenvalue weighted by atomic mass is 79.9. The number of hydrogen-bond acceptors (Lipinski definition) is 2. The van der Waals surface area contributed by atoms with Crippen molar-refractivity contribution < 1.29 is 9.59 Å². The van der Waals surface area contributed by atoms with Gasteiger partial charge >= 0.3 is 0 Å². The summed E-state index contributed by atoms with van der Waals surface area (Å²) in [5.41, 5.74) is 0.603. The average molecular weight is 303 g/mol. The summed E-state index contributed by atoms with van der Waals surface area (Å²) in [5, 5.41) is 0. The molecule has 0 aliphatic carbocycles. The first-order valence-corrected chi connectivity index (χ1v) is 6.14. The summed E-state index contributed by atoms with van der Waals surface area (Å²) in [6.07, 6.45) is 0.207. The van der Waals surface area contributed by atoms with Gasteiger partial charge in [-0.05, 0) is 24.3 Å². The summed E-state index contributed by atoms with van der Waals surface area (Å²) in [4.78, 5) is 24.7. The van der Waals surface area contributed by atoms with Crippen LogP contribution >= 0.6 is 27.5 Å². The standard InChI is InChI=1S/C11H9BrClNO2/c12-8-1-3-9(4-2-8)14-10(15)5-7(6-13)11(14)16/h1-4,7H,5-6H2. The molecule has 1 aromatic carbocycles. The molecule has 0 bridgehead atoms. The van der Waals surface area contributed by atoms with Crippen molar-refractivity contribution in [1.29, 1.82) is 0 Å². The van der Waals surface area contributed by atoms with Crippen molar-refractivity contribution in [2.45, 2.75) is 6.42 Å². The molecule has 0 spiro atoms. The highest BCUT2D eigenvalue weighted by Gasteiger charge is 2.38. The molecule has 1 fully saturated rings. The zero-order chi connectivity index (χ0) is 11.7. The van der Waals surface area contributed by atoms with Crippen LogP contribution in [0.15, 0.2) is 28.7 Å². The van der Waals surface area contributed by atoms with Gasteiger partial charge in [0.15, 0.2) is 0 Å². The fourth-order valence-electron chi connectivity index (χ4n) is 1.68. The molecule has 2 rings (SSSR count). The smallest absolute Gasteiger partial charge is 0.238 e. The summed E-state index contributed by atoms with van der Waals surface area (Å²) in [7, 11) is 0. The molecule has 0 saturated carbocycles. The van der Waals surface area contributed by atoms with Crippen molar-refractivity contribution in [2.24, 2.45) is 5.92 Å². The largest absolute Gasteiger partial charge is 0.274 e. The number of alkyl halides is 1. The molecule has 1 heterocycles. The lowest BCUT2D eigenvalue weighted by atomic mass is 10.1. The molecule has 1 atom stereocenters. The number of hydrogen-bond donors (Lipinski definition) is 0. The normalized spacial score (nSPS) is 20.6. The molecule has 1 aliphatic rings. The van der Waals surface area contributed by atoms with E-state index in [2.05, 4.69) is 15.9 Å². The number of carbonyl (C=O) groups excluding carboxylic acids is 2. The van der Waals surface area contributed by atoms with Crippen LogP contribution in [0.1, 0.15) is 6.42 Å². The Morgan fingerprint density at radius 1 is 1.31 bits per heavy atom. The fourth-order valence-corrected chi connectivity index (χ4v) is 2.18. The second kappa shape index (κ2) is 4.55. The van der Waals surface area contributed by atoms with Crippen molar-refractivity contribution in [1.82, 2.24) is 0 Å². The molecule has 1 unspecified atom stereocenters. The summed E-state index contributed by atoms with van der Waals surface area (Å²) in [6, 6.07) is 7.06. The van der Waals surface area contributed by atoms with E-state index in [1.807, 2.05) is 0 Å². The number of halogens is 2. The minimum atomic E-state index is -0.377. The molecular formula is C11H9BrClNO2. The Bertz CT molecular complexity index is 432. The lowest BCUT2D eigenvalue weighted by Crippen LogP contribution is -2.30. The van der Waals surface area contributed by atoms with Crippen LogP contribution in [0.5, 0.6) is 0 Å². The van der Waals surface area contributed by atoms with Gasteiger partial charge < -0.3 is 0 Å². The molecule has 84 valence electrons. The summed E-state index contributed by atoms with van der Waals surface area (Å²) in [6.45, 7) is 0. The van der Waals surface area contributed by atoms with E-state index in [-0.39, 0.29) is 30.0 Å². The molecular weight excluding hydrogens is 293 g/mol. The van der Waals surface area contributed by atoms with E-state index >= 15 is 0 Å². The van der Waals surface area contributed by atoms with Gasteiger partial charge in [-0.2, -0.15) is 0 Å². The summed E-state index contributed by atoms with van der Waals surface area (Å²) >= 11 is 8.94. The van der Waals surface area contributed by atoms with Gasteiger partial charge in [-0.15, -0.1) is 11.6 Å². The van der Waals surface area contributed by atoms with Crippen LogP contribution in [0, 0.1) is 5.92 Å². The Labute approximate surface area is 107 Å². The van der Waals surface area contributed by atoms with Crippen LogP contribution in [-0.2, 0) is 9.59 Å². The maximum atomic E-state index is 11.8. The molecule has 0 radical (unpaired) electrons. The van der Waals surface area contributed by atoms with E-state index in [0.717, 1.165) is 4.47 Å². The van der Waals surface area contributed by atoms with Crippen LogP contribution in [0.4, 0.5) is 5.69 Å². The molecule has 1 aromatic rings. The molecule has 0 aromatic heterocycles. The Balaban J connectivity index is 2.31. The van der Waals surface area contributed by atoms with Crippen molar-refractivity contribution in [3.63, 3.8) is 0 Å². The number of imide groups is 1. The topological polar surface area (TPSA) is 37.4 Å². The predicted octanol–water partition coefficient (Wildman–Crippen LogP) is 2.57. The number of benzene rings is 1. The summed E-state index contributed by atoms with van der Waals surface area (Å²) in [5.74, 6) is -0.574. The molecule has 1 aliphatic heterocycles. The van der Waals surface area contributed by atoms with Gasteiger partial charge in [0.1, 0.15) is 0 Å². The number of rotatable bonds is 2. The van der Waals surface area contributed by atoms with Crippen LogP contribution < -0.4 is 4.90 Å². The van der Waals surface area contributed by atoms with E-state index in [4.69, 9.17) is 11.6 Å². The van der Waals surface area contributed by atoms with E-state index in [1.54, 1.807) is 24.3 Å². The second-order valence-corrected chi connectivity index (χ2v) is 4.82. The van der Waals surface area contributed by atoms with Crippen LogP contribution in [0.2, 0.25) is 0 Å². The third kappa shape index (κ3) is 1.99. The van der Waals surface area contributed by atoms with E-state index < -0.39 is 0 Å². The van der Waals surface area contributed by atoms with Gasteiger partial charge in [0, 0.05) is 16.8 Å². The Morgan fingerprint density at radius 2 is 1.94 bits per heavy atom. The third-order valence-electron chi connectivity index (χ3n) is 2.51. The quantitative estimate of drug-likeness (QED) is 0.622. The highest BCUT2D eigenvalue weighted by molar-refractivity contribution is 9.10. The Kier molecular flexibility index (Phi) is 3.30. The summed E-state index contributed by atoms with van der Waals surface area (Å²) < 4.78 is 0.907. The number of carbonyl (C=O) groups is 2. The first-order chi connectivity index (χ1) is 7.63. The van der Waals surface area contributed by atoms with Crippen molar-refractivity contribution >= 4 is 45.0 Å². The maximum absolute atomic E-state index is 11.8. The van der Waals surface area contributed by atoms with Crippen molar-refractivity contribution in [3.05, 3.63) is 28.7 Å². The van der Waals surface area contributed by atoms with Gasteiger partial charge in [0.25, 0.3) is 0 Å². The predicted molar refractivity (Wildman–Crippen MR) is 65.5 cm³/mol. The molecule has 1 saturated heterocycles. The lowest BCUT2D eigenvalue weighted by molar-refractivity contribution is -0.122. The minimum absolute atomic E-state index is 0.182. The fraction of sp³-hybridized carbons (Fsp3) is 0.273. The first-order valence-electron chi connectivity index (χ1n) is 4.82. The van der Waals surface area contributed by atoms with Gasteiger partial charge in [-0.25, -0.2) is 0 Å². The number of amides is 2. The Hall–Kier alpha value is -0.870. The van der Waals surface area contributed by atoms with E-state index in [1.165, 1.54) is 4.90 Å². The van der Waals surface area contributed by atoms with Gasteiger partial charge in [0.2, 0.25) is 11.8 Å². The number of nitrogens with zero attached hydrogens (tertiary/aromatic N) is 1. The average Bonchev–Trinajstić information content (AvgIpc) is 2.56.